The van der Waals surface area contributed by atoms with E-state index >= 15 is 0 Å². The van der Waals surface area contributed by atoms with Crippen LogP contribution in [0.5, 0.6) is 0 Å². The number of ether oxygens (including phenoxy) is 4. The van der Waals surface area contributed by atoms with Crippen LogP contribution < -0.4 is 5.32 Å². The molecule has 0 radical (unpaired) electrons. The molecule has 0 spiro atoms. The number of allylic oxidation sites excluding steroid dienone is 3. The molecule has 9 N–H and O–H groups in total. The predicted molar refractivity (Wildman–Crippen MR) is 346 cm³/mol. The topological polar surface area (TPSA) is 228 Å². The maximum Gasteiger partial charge on any atom is 0.220 e. The Morgan fingerprint density at radius 3 is 1.15 bits per heavy atom. The van der Waals surface area contributed by atoms with Crippen LogP contribution in [0.25, 0.3) is 0 Å². The van der Waals surface area contributed by atoms with Gasteiger partial charge in [0.05, 0.1) is 32.0 Å². The van der Waals surface area contributed by atoms with E-state index in [1.807, 2.05) is 6.08 Å². The van der Waals surface area contributed by atoms with Crippen LogP contribution in [0.1, 0.15) is 328 Å². The molecule has 2 fully saturated rings. The molecule has 14 heteroatoms. The van der Waals surface area contributed by atoms with Crippen molar-refractivity contribution < 1.29 is 64.6 Å². The van der Waals surface area contributed by atoms with E-state index in [0.717, 1.165) is 32.1 Å². The van der Waals surface area contributed by atoms with Crippen molar-refractivity contribution in [3.05, 3.63) is 24.3 Å². The lowest BCUT2D eigenvalue weighted by Crippen LogP contribution is -2.65. The second kappa shape index (κ2) is 56.5. The molecule has 12 atom stereocenters. The van der Waals surface area contributed by atoms with Crippen molar-refractivity contribution in [3.63, 3.8) is 0 Å². The molecule has 2 rings (SSSR count). The number of hydrogen-bond donors (Lipinski definition) is 9. The first kappa shape index (κ1) is 79.6. The molecular formula is C71H135NO13. The van der Waals surface area contributed by atoms with Crippen molar-refractivity contribution in [2.45, 2.75) is 402 Å². The van der Waals surface area contributed by atoms with Gasteiger partial charge in [0, 0.05) is 6.42 Å². The highest BCUT2D eigenvalue weighted by Gasteiger charge is 2.51. The van der Waals surface area contributed by atoms with E-state index in [1.54, 1.807) is 6.08 Å². The van der Waals surface area contributed by atoms with Gasteiger partial charge in [-0.05, 0) is 32.1 Å². The van der Waals surface area contributed by atoms with E-state index in [-0.39, 0.29) is 18.9 Å². The van der Waals surface area contributed by atoms with Gasteiger partial charge in [0.2, 0.25) is 5.91 Å². The molecule has 0 aliphatic carbocycles. The van der Waals surface area contributed by atoms with Crippen molar-refractivity contribution in [1.29, 1.82) is 0 Å². The van der Waals surface area contributed by atoms with Crippen molar-refractivity contribution in [3.8, 4) is 0 Å². The maximum absolute atomic E-state index is 13.3. The lowest BCUT2D eigenvalue weighted by atomic mass is 9.97. The maximum atomic E-state index is 13.3. The average Bonchev–Trinajstić information content (AvgIpc) is 3.69. The summed E-state index contributed by atoms with van der Waals surface area (Å²) < 4.78 is 22.8. The number of amides is 1. The fraction of sp³-hybridized carbons (Fsp3) is 0.930. The number of aliphatic hydroxyl groups is 8. The Balaban J connectivity index is 1.67. The molecule has 0 aromatic carbocycles. The van der Waals surface area contributed by atoms with Crippen LogP contribution in [0.2, 0.25) is 0 Å². The van der Waals surface area contributed by atoms with Crippen LogP contribution in [0.4, 0.5) is 0 Å². The van der Waals surface area contributed by atoms with E-state index < -0.39 is 86.8 Å². The van der Waals surface area contributed by atoms with Crippen LogP contribution in [-0.4, -0.2) is 140 Å². The van der Waals surface area contributed by atoms with Crippen molar-refractivity contribution in [2.24, 2.45) is 0 Å². The van der Waals surface area contributed by atoms with Gasteiger partial charge < -0.3 is 65.1 Å². The Kier molecular flexibility index (Phi) is 52.8. The van der Waals surface area contributed by atoms with Gasteiger partial charge in [-0.2, -0.15) is 0 Å². The molecule has 2 aliphatic rings. The number of hydrogen-bond acceptors (Lipinski definition) is 13. The van der Waals surface area contributed by atoms with Gasteiger partial charge in [0.15, 0.2) is 12.6 Å². The SMILES string of the molecule is CCCCCCCCCCCCCCCCCCCCCCCCCCC/C=C/CC/C=C/C(O)C(COC1OC(CO)C(OC2OC(CO)C(O)C(O)C2O)C(O)C1O)NC(=O)CCCCCCCCCCCCCCCCCCCCCC. The molecule has 2 aliphatic heterocycles. The summed E-state index contributed by atoms with van der Waals surface area (Å²) in [4.78, 5) is 13.3. The van der Waals surface area contributed by atoms with Crippen LogP contribution in [-0.2, 0) is 23.7 Å². The monoisotopic (exact) mass is 1210 g/mol. The first-order valence-electron chi connectivity index (χ1n) is 36.1. The fourth-order valence-electron chi connectivity index (χ4n) is 12.1. The summed E-state index contributed by atoms with van der Waals surface area (Å²) >= 11 is 0. The molecule has 0 aromatic heterocycles. The van der Waals surface area contributed by atoms with E-state index in [0.29, 0.717) is 12.8 Å². The minimum absolute atomic E-state index is 0.242. The standard InChI is InChI=1S/C71H135NO13/c1-3-5-7-9-11-13-15-17-19-21-23-25-26-27-28-29-30-31-32-33-34-35-36-38-40-42-44-46-48-50-52-54-60(75)59(72-63(76)55-53-51-49-47-45-43-41-39-37-24-22-20-18-16-14-12-10-8-6-4-2)58-82-70-68(81)66(79)69(62(57-74)84-70)85-71-67(80)65(78)64(77)61(56-73)83-71/h44,46,52,54,59-62,64-71,73-75,77-81H,3-43,45,47-51,53,55-58H2,1-2H3,(H,72,76)/b46-44+,54-52+. The third-order valence-electron chi connectivity index (χ3n) is 17.9. The number of unbranched alkanes of at least 4 members (excludes halogenated alkanes) is 45. The number of rotatable bonds is 60. The Morgan fingerprint density at radius 1 is 0.412 bits per heavy atom. The molecule has 2 saturated heterocycles. The van der Waals surface area contributed by atoms with Crippen LogP contribution in [0.3, 0.4) is 0 Å². The zero-order chi connectivity index (χ0) is 61.6. The fourth-order valence-corrected chi connectivity index (χ4v) is 12.1. The van der Waals surface area contributed by atoms with Gasteiger partial charge in [0.1, 0.15) is 48.8 Å². The molecule has 0 bridgehead atoms. The molecule has 502 valence electrons. The quantitative estimate of drug-likeness (QED) is 0.0204. The molecule has 14 nitrogen and oxygen atoms in total. The lowest BCUT2D eigenvalue weighted by Gasteiger charge is -2.46. The van der Waals surface area contributed by atoms with Gasteiger partial charge in [-0.3, -0.25) is 4.79 Å². The normalized spacial score (nSPS) is 23.6. The Morgan fingerprint density at radius 2 is 0.753 bits per heavy atom. The summed E-state index contributed by atoms with van der Waals surface area (Å²) in [6, 6.07) is -0.929. The summed E-state index contributed by atoms with van der Waals surface area (Å²) in [5.41, 5.74) is 0. The molecule has 1 amide bonds. The van der Waals surface area contributed by atoms with Gasteiger partial charge >= 0.3 is 0 Å². The van der Waals surface area contributed by atoms with Gasteiger partial charge in [0.25, 0.3) is 0 Å². The highest BCUT2D eigenvalue weighted by molar-refractivity contribution is 5.76. The Labute approximate surface area is 519 Å². The Hall–Kier alpha value is -1.53. The van der Waals surface area contributed by atoms with Gasteiger partial charge in [-0.25, -0.2) is 0 Å². The van der Waals surface area contributed by atoms with Gasteiger partial charge in [-0.1, -0.05) is 314 Å². The van der Waals surface area contributed by atoms with Crippen molar-refractivity contribution in [1.82, 2.24) is 5.32 Å². The van der Waals surface area contributed by atoms with Crippen molar-refractivity contribution >= 4 is 5.91 Å². The first-order valence-corrected chi connectivity index (χ1v) is 36.1. The lowest BCUT2D eigenvalue weighted by molar-refractivity contribution is -0.359. The molecule has 85 heavy (non-hydrogen) atoms. The predicted octanol–water partition coefficient (Wildman–Crippen LogP) is 14.7. The van der Waals surface area contributed by atoms with Crippen LogP contribution in [0.15, 0.2) is 24.3 Å². The molecule has 0 saturated carbocycles. The van der Waals surface area contributed by atoms with Crippen LogP contribution >= 0.6 is 0 Å². The van der Waals surface area contributed by atoms with E-state index in [4.69, 9.17) is 18.9 Å². The zero-order valence-corrected chi connectivity index (χ0v) is 54.6. The van der Waals surface area contributed by atoms with E-state index in [1.165, 1.54) is 263 Å². The van der Waals surface area contributed by atoms with Crippen LogP contribution in [0, 0.1) is 0 Å². The largest absolute Gasteiger partial charge is 0.394 e. The second-order valence-corrected chi connectivity index (χ2v) is 25.7. The third kappa shape index (κ3) is 40.8. The second-order valence-electron chi connectivity index (χ2n) is 25.7. The van der Waals surface area contributed by atoms with E-state index in [2.05, 4.69) is 31.3 Å². The van der Waals surface area contributed by atoms with E-state index in [9.17, 15) is 45.6 Å². The smallest absolute Gasteiger partial charge is 0.220 e. The molecular weight excluding hydrogens is 1070 g/mol. The Bertz CT molecular complexity index is 1520. The number of aliphatic hydroxyl groups excluding tert-OH is 8. The van der Waals surface area contributed by atoms with Gasteiger partial charge in [-0.15, -0.1) is 0 Å². The summed E-state index contributed by atoms with van der Waals surface area (Å²) in [6.07, 6.45) is 53.9. The number of carbonyl (C=O) groups is 1. The number of nitrogens with one attached hydrogen (secondary N) is 1. The summed E-state index contributed by atoms with van der Waals surface area (Å²) in [6.45, 7) is 2.84. The summed E-state index contributed by atoms with van der Waals surface area (Å²) in [5, 5.41) is 87.4. The average molecular weight is 1210 g/mol. The summed E-state index contributed by atoms with van der Waals surface area (Å²) in [7, 11) is 0. The number of carbonyl (C=O) groups excluding carboxylic acids is 1. The third-order valence-corrected chi connectivity index (χ3v) is 17.9. The highest BCUT2D eigenvalue weighted by Crippen LogP contribution is 2.30. The minimum Gasteiger partial charge on any atom is -0.394 e. The summed E-state index contributed by atoms with van der Waals surface area (Å²) in [5.74, 6) is -0.242. The molecule has 0 aromatic rings. The molecule has 12 unspecified atom stereocenters. The zero-order valence-electron chi connectivity index (χ0n) is 54.6. The van der Waals surface area contributed by atoms with Crippen molar-refractivity contribution in [2.75, 3.05) is 19.8 Å². The first-order chi connectivity index (χ1) is 41.6. The molecule has 2 heterocycles. The minimum atomic E-state index is -1.79. The highest BCUT2D eigenvalue weighted by atomic mass is 16.7.